The van der Waals surface area contributed by atoms with E-state index in [0.717, 1.165) is 0 Å². The summed E-state index contributed by atoms with van der Waals surface area (Å²) in [4.78, 5) is 1.23. The van der Waals surface area contributed by atoms with Crippen LogP contribution < -0.4 is 11.3 Å². The first kappa shape index (κ1) is 13.3. The zero-order valence-electron chi connectivity index (χ0n) is 10.3. The van der Waals surface area contributed by atoms with E-state index in [1.807, 2.05) is 0 Å². The maximum Gasteiger partial charge on any atom is 0.0816 e. The van der Waals surface area contributed by atoms with E-state index in [2.05, 4.69) is 64.0 Å². The van der Waals surface area contributed by atoms with E-state index in [9.17, 15) is 0 Å². The van der Waals surface area contributed by atoms with Crippen LogP contribution in [0.5, 0.6) is 0 Å². The molecule has 0 saturated carbocycles. The molecule has 1 atom stereocenters. The molecule has 0 aliphatic carbocycles. The number of rotatable bonds is 3. The van der Waals surface area contributed by atoms with Crippen molar-refractivity contribution in [1.82, 2.24) is 5.43 Å². The molecule has 3 N–H and O–H groups in total. The van der Waals surface area contributed by atoms with Crippen molar-refractivity contribution in [2.75, 3.05) is 0 Å². The van der Waals surface area contributed by atoms with E-state index in [1.54, 1.807) is 22.7 Å². The smallest absolute Gasteiger partial charge is 0.0816 e. The van der Waals surface area contributed by atoms with Gasteiger partial charge in [0.15, 0.2) is 0 Å². The van der Waals surface area contributed by atoms with Crippen LogP contribution in [-0.4, -0.2) is 0 Å². The highest BCUT2D eigenvalue weighted by atomic mass is 79.9. The lowest BCUT2D eigenvalue weighted by molar-refractivity contribution is 0.651. The van der Waals surface area contributed by atoms with E-state index in [0.29, 0.717) is 0 Å². The van der Waals surface area contributed by atoms with Gasteiger partial charge in [-0.2, -0.15) is 0 Å². The van der Waals surface area contributed by atoms with Crippen molar-refractivity contribution in [3.05, 3.63) is 55.5 Å². The molecule has 1 aromatic carbocycles. The zero-order chi connectivity index (χ0) is 13.4. The Hall–Kier alpha value is -0.720. The van der Waals surface area contributed by atoms with Crippen LogP contribution >= 0.6 is 38.6 Å². The predicted molar refractivity (Wildman–Crippen MR) is 87.7 cm³/mol. The van der Waals surface area contributed by atoms with Gasteiger partial charge in [0, 0.05) is 9.58 Å². The topological polar surface area (TPSA) is 38.0 Å². The number of aryl methyl sites for hydroxylation is 1. The molecule has 98 valence electrons. The van der Waals surface area contributed by atoms with Gasteiger partial charge in [-0.3, -0.25) is 5.84 Å². The molecule has 3 rings (SSSR count). The zero-order valence-corrected chi connectivity index (χ0v) is 13.5. The van der Waals surface area contributed by atoms with E-state index in [1.165, 1.54) is 29.9 Å². The highest BCUT2D eigenvalue weighted by molar-refractivity contribution is 9.11. The van der Waals surface area contributed by atoms with Gasteiger partial charge >= 0.3 is 0 Å². The molecule has 1 unspecified atom stereocenters. The lowest BCUT2D eigenvalue weighted by atomic mass is 10.0. The molecule has 2 heterocycles. The Balaban J connectivity index is 2.14. The third-order valence-corrected chi connectivity index (χ3v) is 6.33. The number of thiophene rings is 2. The molecule has 0 saturated heterocycles. The summed E-state index contributed by atoms with van der Waals surface area (Å²) in [5.74, 6) is 5.80. The summed E-state index contributed by atoms with van der Waals surface area (Å²) < 4.78 is 2.47. The van der Waals surface area contributed by atoms with E-state index in [-0.39, 0.29) is 6.04 Å². The first-order valence-corrected chi connectivity index (χ1v) is 8.37. The van der Waals surface area contributed by atoms with Gasteiger partial charge in [0.25, 0.3) is 0 Å². The molecule has 3 aromatic rings. The largest absolute Gasteiger partial charge is 0.271 e. The molecular weight excluding hydrogens is 340 g/mol. The molecule has 5 heteroatoms. The van der Waals surface area contributed by atoms with Crippen LogP contribution in [0.2, 0.25) is 0 Å². The molecule has 0 aliphatic heterocycles. The van der Waals surface area contributed by atoms with Crippen molar-refractivity contribution in [2.45, 2.75) is 13.0 Å². The monoisotopic (exact) mass is 352 g/mol. The molecule has 2 aromatic heterocycles. The van der Waals surface area contributed by atoms with Crippen molar-refractivity contribution in [2.24, 2.45) is 5.84 Å². The average molecular weight is 353 g/mol. The minimum Gasteiger partial charge on any atom is -0.271 e. The first-order valence-electron chi connectivity index (χ1n) is 5.89. The highest BCUT2D eigenvalue weighted by Gasteiger charge is 2.18. The van der Waals surface area contributed by atoms with Crippen molar-refractivity contribution in [3.63, 3.8) is 0 Å². The minimum atomic E-state index is 0.0392. The van der Waals surface area contributed by atoms with E-state index >= 15 is 0 Å². The highest BCUT2D eigenvalue weighted by Crippen LogP contribution is 2.37. The van der Waals surface area contributed by atoms with Crippen LogP contribution in [0.1, 0.15) is 22.0 Å². The summed E-state index contributed by atoms with van der Waals surface area (Å²) in [6.45, 7) is 2.10. The minimum absolute atomic E-state index is 0.0392. The predicted octanol–water partition coefficient (Wildman–Crippen LogP) is 4.59. The van der Waals surface area contributed by atoms with Gasteiger partial charge < -0.3 is 0 Å². The van der Waals surface area contributed by atoms with Gasteiger partial charge in [0.2, 0.25) is 0 Å². The molecule has 0 radical (unpaired) electrons. The Labute approximate surface area is 128 Å². The van der Waals surface area contributed by atoms with Gasteiger partial charge in [-0.15, -0.1) is 22.7 Å². The molecule has 0 fully saturated rings. The average Bonchev–Trinajstić information content (AvgIpc) is 2.99. The summed E-state index contributed by atoms with van der Waals surface area (Å²) in [6.07, 6.45) is 0. The Bertz CT molecular complexity index is 698. The van der Waals surface area contributed by atoms with Crippen LogP contribution in [0.3, 0.4) is 0 Å². The van der Waals surface area contributed by atoms with Gasteiger partial charge in [-0.05, 0) is 56.9 Å². The standard InChI is InChI=1S/C14H13BrN2S2/c1-8-7-11(19-14(8)15)12(17-16)10-4-2-3-9-5-6-18-13(9)10/h2-7,12,17H,16H2,1H3. The maximum atomic E-state index is 5.80. The normalized spacial score (nSPS) is 13.0. The number of hydrogen-bond acceptors (Lipinski definition) is 4. The molecule has 0 spiro atoms. The lowest BCUT2D eigenvalue weighted by Gasteiger charge is -2.15. The van der Waals surface area contributed by atoms with Crippen molar-refractivity contribution in [1.29, 1.82) is 0 Å². The Morgan fingerprint density at radius 1 is 1.32 bits per heavy atom. The summed E-state index contributed by atoms with van der Waals surface area (Å²) in [7, 11) is 0. The van der Waals surface area contributed by atoms with E-state index in [4.69, 9.17) is 5.84 Å². The number of nitrogens with one attached hydrogen (secondary N) is 1. The van der Waals surface area contributed by atoms with Crippen LogP contribution in [0.25, 0.3) is 10.1 Å². The summed E-state index contributed by atoms with van der Waals surface area (Å²) >= 11 is 7.07. The van der Waals surface area contributed by atoms with Crippen LogP contribution in [0.15, 0.2) is 39.5 Å². The Kier molecular flexibility index (Phi) is 3.73. The Morgan fingerprint density at radius 3 is 2.84 bits per heavy atom. The number of fused-ring (bicyclic) bond motifs is 1. The summed E-state index contributed by atoms with van der Waals surface area (Å²) in [6, 6.07) is 10.7. The second-order valence-electron chi connectivity index (χ2n) is 4.39. The van der Waals surface area contributed by atoms with Crippen LogP contribution in [0.4, 0.5) is 0 Å². The fraction of sp³-hybridized carbons (Fsp3) is 0.143. The number of halogens is 1. The fourth-order valence-electron chi connectivity index (χ4n) is 2.19. The third-order valence-electron chi connectivity index (χ3n) is 3.15. The molecule has 19 heavy (non-hydrogen) atoms. The van der Waals surface area contributed by atoms with Crippen molar-refractivity contribution >= 4 is 48.7 Å². The van der Waals surface area contributed by atoms with Gasteiger partial charge in [0.1, 0.15) is 0 Å². The number of nitrogens with two attached hydrogens (primary N) is 1. The third kappa shape index (κ3) is 2.37. The number of benzene rings is 1. The quantitative estimate of drug-likeness (QED) is 0.534. The van der Waals surface area contributed by atoms with Crippen molar-refractivity contribution in [3.8, 4) is 0 Å². The summed E-state index contributed by atoms with van der Waals surface area (Å²) in [5.41, 5.74) is 5.44. The molecule has 0 aliphatic rings. The molecule has 0 bridgehead atoms. The lowest BCUT2D eigenvalue weighted by Crippen LogP contribution is -2.28. The van der Waals surface area contributed by atoms with Gasteiger partial charge in [0.05, 0.1) is 9.83 Å². The van der Waals surface area contributed by atoms with E-state index < -0.39 is 0 Å². The van der Waals surface area contributed by atoms with Crippen LogP contribution in [-0.2, 0) is 0 Å². The second-order valence-corrected chi connectivity index (χ2v) is 7.71. The number of hydrogen-bond donors (Lipinski definition) is 2. The Morgan fingerprint density at radius 2 is 2.16 bits per heavy atom. The summed E-state index contributed by atoms with van der Waals surface area (Å²) in [5, 5.41) is 3.40. The van der Waals surface area contributed by atoms with Gasteiger partial charge in [-0.25, -0.2) is 5.43 Å². The maximum absolute atomic E-state index is 5.80. The van der Waals surface area contributed by atoms with Crippen LogP contribution in [0, 0.1) is 6.92 Å². The number of hydrazine groups is 1. The second kappa shape index (κ2) is 5.34. The van der Waals surface area contributed by atoms with Gasteiger partial charge in [-0.1, -0.05) is 18.2 Å². The molecule has 2 nitrogen and oxygen atoms in total. The molecule has 0 amide bonds. The first-order chi connectivity index (χ1) is 9.20. The van der Waals surface area contributed by atoms with Crippen molar-refractivity contribution < 1.29 is 0 Å². The molecular formula is C14H13BrN2S2. The SMILES string of the molecule is Cc1cc(C(NN)c2cccc3ccsc23)sc1Br. The fourth-order valence-corrected chi connectivity index (χ4v) is 4.79.